The summed E-state index contributed by atoms with van der Waals surface area (Å²) in [6.45, 7) is 4.65. The molecular weight excluding hydrogens is 354 g/mol. The molecule has 4 rings (SSSR count). The maximum atomic E-state index is 12.6. The van der Waals surface area contributed by atoms with E-state index in [4.69, 9.17) is 5.26 Å². The number of nitrogens with one attached hydrogen (secondary N) is 2. The molecule has 1 aromatic heterocycles. The molecule has 2 N–H and O–H groups in total. The molecule has 0 bridgehead atoms. The molecule has 2 aliphatic rings. The monoisotopic (exact) mass is 381 g/mol. The lowest BCUT2D eigenvalue weighted by Crippen LogP contribution is -2.34. The maximum Gasteiger partial charge on any atom is 0.329 e. The highest BCUT2D eigenvalue weighted by molar-refractivity contribution is 5.83. The molecule has 28 heavy (non-hydrogen) atoms. The number of hydrogen-bond donors (Lipinski definition) is 2. The van der Waals surface area contributed by atoms with Gasteiger partial charge in [-0.15, -0.1) is 0 Å². The summed E-state index contributed by atoms with van der Waals surface area (Å²) < 4.78 is 1.79. The SMILES string of the molecule is Cc1c(C(C2CCNC2)N(C)CCC#N)ccc2c(=O)[nH]c(=O)n(C3CC3)c12. The van der Waals surface area contributed by atoms with Crippen molar-refractivity contribution < 1.29 is 0 Å². The van der Waals surface area contributed by atoms with E-state index in [1.807, 2.05) is 19.1 Å². The number of rotatable bonds is 6. The Labute approximate surface area is 164 Å². The molecule has 0 radical (unpaired) electrons. The first-order valence-corrected chi connectivity index (χ1v) is 10.1. The van der Waals surface area contributed by atoms with Crippen LogP contribution in [-0.2, 0) is 0 Å². The van der Waals surface area contributed by atoms with Crippen molar-refractivity contribution in [3.05, 3.63) is 44.1 Å². The van der Waals surface area contributed by atoms with Crippen LogP contribution in [0, 0.1) is 24.2 Å². The third-order valence-electron chi connectivity index (χ3n) is 6.22. The van der Waals surface area contributed by atoms with Crippen molar-refractivity contribution in [2.75, 3.05) is 26.7 Å². The summed E-state index contributed by atoms with van der Waals surface area (Å²) in [6.07, 6.45) is 3.50. The molecule has 148 valence electrons. The summed E-state index contributed by atoms with van der Waals surface area (Å²) in [7, 11) is 2.07. The van der Waals surface area contributed by atoms with Crippen LogP contribution in [0.25, 0.3) is 10.9 Å². The van der Waals surface area contributed by atoms with E-state index in [1.54, 1.807) is 4.57 Å². The molecular formula is C21H27N5O2. The van der Waals surface area contributed by atoms with E-state index < -0.39 is 0 Å². The maximum absolute atomic E-state index is 12.6. The standard InChI is InChI=1S/C21H27N5O2/c1-13-16(19(14-8-10-23-12-14)25(2)11-3-9-22)6-7-17-18(13)26(15-4-5-15)21(28)24-20(17)27/h6-7,14-15,19,23H,3-5,8,10-12H2,1-2H3,(H,24,27,28). The van der Waals surface area contributed by atoms with Gasteiger partial charge in [-0.2, -0.15) is 5.26 Å². The van der Waals surface area contributed by atoms with Gasteiger partial charge in [0, 0.05) is 25.0 Å². The Balaban J connectivity index is 1.89. The van der Waals surface area contributed by atoms with Gasteiger partial charge in [0.2, 0.25) is 0 Å². The Morgan fingerprint density at radius 1 is 1.32 bits per heavy atom. The number of aromatic amines is 1. The van der Waals surface area contributed by atoms with Gasteiger partial charge in [-0.25, -0.2) is 4.79 Å². The van der Waals surface area contributed by atoms with Crippen LogP contribution in [0.1, 0.15) is 48.9 Å². The summed E-state index contributed by atoms with van der Waals surface area (Å²) in [4.78, 5) is 29.7. The number of hydrogen-bond acceptors (Lipinski definition) is 5. The third-order valence-corrected chi connectivity index (χ3v) is 6.22. The molecule has 2 heterocycles. The van der Waals surface area contributed by atoms with Gasteiger partial charge in [-0.3, -0.25) is 19.2 Å². The Morgan fingerprint density at radius 2 is 2.11 bits per heavy atom. The Hall–Kier alpha value is -2.43. The summed E-state index contributed by atoms with van der Waals surface area (Å²) in [5, 5.41) is 13.1. The largest absolute Gasteiger partial charge is 0.329 e. The second-order valence-corrected chi connectivity index (χ2v) is 8.12. The quantitative estimate of drug-likeness (QED) is 0.796. The van der Waals surface area contributed by atoms with Crippen LogP contribution >= 0.6 is 0 Å². The topological polar surface area (TPSA) is 93.9 Å². The molecule has 2 fully saturated rings. The van der Waals surface area contributed by atoms with Gasteiger partial charge in [0.15, 0.2) is 0 Å². The lowest BCUT2D eigenvalue weighted by atomic mass is 9.87. The van der Waals surface area contributed by atoms with E-state index in [9.17, 15) is 9.59 Å². The van der Waals surface area contributed by atoms with Gasteiger partial charge in [0.25, 0.3) is 5.56 Å². The predicted molar refractivity (Wildman–Crippen MR) is 108 cm³/mol. The van der Waals surface area contributed by atoms with E-state index in [0.29, 0.717) is 24.3 Å². The van der Waals surface area contributed by atoms with E-state index in [-0.39, 0.29) is 23.3 Å². The van der Waals surface area contributed by atoms with Crippen LogP contribution in [0.4, 0.5) is 0 Å². The van der Waals surface area contributed by atoms with Gasteiger partial charge in [0.05, 0.1) is 17.0 Å². The fourth-order valence-corrected chi connectivity index (χ4v) is 4.70. The number of benzene rings is 1. The molecule has 1 aliphatic carbocycles. The zero-order valence-corrected chi connectivity index (χ0v) is 16.5. The summed E-state index contributed by atoms with van der Waals surface area (Å²) in [5.41, 5.74) is 2.31. The molecule has 2 aromatic rings. The number of aromatic nitrogens is 2. The summed E-state index contributed by atoms with van der Waals surface area (Å²) in [6, 6.07) is 6.48. The van der Waals surface area contributed by atoms with Crippen LogP contribution in [-0.4, -0.2) is 41.1 Å². The Kier molecular flexibility index (Phi) is 5.09. The first-order valence-electron chi connectivity index (χ1n) is 10.1. The Bertz CT molecular complexity index is 1040. The summed E-state index contributed by atoms with van der Waals surface area (Å²) in [5.74, 6) is 0.433. The van der Waals surface area contributed by atoms with Crippen LogP contribution in [0.15, 0.2) is 21.7 Å². The number of nitriles is 1. The lowest BCUT2D eigenvalue weighted by Gasteiger charge is -2.34. The van der Waals surface area contributed by atoms with E-state index in [0.717, 1.165) is 49.0 Å². The van der Waals surface area contributed by atoms with Crippen molar-refractivity contribution in [2.24, 2.45) is 5.92 Å². The van der Waals surface area contributed by atoms with E-state index in [2.05, 4.69) is 28.3 Å². The molecule has 7 nitrogen and oxygen atoms in total. The minimum Gasteiger partial charge on any atom is -0.316 e. The minimum absolute atomic E-state index is 0.148. The van der Waals surface area contributed by atoms with Gasteiger partial charge < -0.3 is 5.32 Å². The second kappa shape index (κ2) is 7.53. The number of fused-ring (bicyclic) bond motifs is 1. The third kappa shape index (κ3) is 3.27. The zero-order valence-electron chi connectivity index (χ0n) is 16.5. The molecule has 0 spiro atoms. The first-order chi connectivity index (χ1) is 13.5. The van der Waals surface area contributed by atoms with Gasteiger partial charge in [0.1, 0.15) is 0 Å². The first kappa shape index (κ1) is 18.9. The lowest BCUT2D eigenvalue weighted by molar-refractivity contribution is 0.187. The van der Waals surface area contributed by atoms with Crippen molar-refractivity contribution in [1.82, 2.24) is 19.8 Å². The van der Waals surface area contributed by atoms with Crippen molar-refractivity contribution in [1.29, 1.82) is 5.26 Å². The second-order valence-electron chi connectivity index (χ2n) is 8.12. The van der Waals surface area contributed by atoms with E-state index in [1.165, 1.54) is 0 Å². The highest BCUT2D eigenvalue weighted by Crippen LogP contribution is 2.39. The molecule has 7 heteroatoms. The van der Waals surface area contributed by atoms with Gasteiger partial charge in [-0.05, 0) is 69.4 Å². The molecule has 1 saturated carbocycles. The van der Waals surface area contributed by atoms with Gasteiger partial charge in [-0.1, -0.05) is 6.07 Å². The van der Waals surface area contributed by atoms with Crippen LogP contribution in [0.2, 0.25) is 0 Å². The van der Waals surface area contributed by atoms with Crippen molar-refractivity contribution in [3.8, 4) is 6.07 Å². The molecule has 1 aliphatic heterocycles. The number of aryl methyl sites for hydroxylation is 1. The van der Waals surface area contributed by atoms with Crippen molar-refractivity contribution in [3.63, 3.8) is 0 Å². The molecule has 1 saturated heterocycles. The van der Waals surface area contributed by atoms with E-state index >= 15 is 0 Å². The Morgan fingerprint density at radius 3 is 2.75 bits per heavy atom. The minimum atomic E-state index is -0.316. The predicted octanol–water partition coefficient (Wildman–Crippen LogP) is 1.83. The van der Waals surface area contributed by atoms with Crippen molar-refractivity contribution in [2.45, 2.75) is 44.7 Å². The average molecular weight is 381 g/mol. The molecule has 0 amide bonds. The zero-order chi connectivity index (χ0) is 19.8. The molecule has 1 aromatic carbocycles. The molecule has 2 atom stereocenters. The summed E-state index contributed by atoms with van der Waals surface area (Å²) >= 11 is 0. The highest BCUT2D eigenvalue weighted by atomic mass is 16.2. The van der Waals surface area contributed by atoms with Crippen LogP contribution < -0.4 is 16.6 Å². The van der Waals surface area contributed by atoms with Crippen LogP contribution in [0.3, 0.4) is 0 Å². The smallest absolute Gasteiger partial charge is 0.316 e. The van der Waals surface area contributed by atoms with Crippen molar-refractivity contribution >= 4 is 10.9 Å². The normalized spacial score (nSPS) is 20.6. The number of H-pyrrole nitrogens is 1. The fourth-order valence-electron chi connectivity index (χ4n) is 4.70. The van der Waals surface area contributed by atoms with Gasteiger partial charge >= 0.3 is 5.69 Å². The number of nitrogens with zero attached hydrogens (tertiary/aromatic N) is 3. The average Bonchev–Trinajstić information content (AvgIpc) is 3.36. The molecule has 2 unspecified atom stereocenters. The fraction of sp³-hybridized carbons (Fsp3) is 0.571. The highest BCUT2D eigenvalue weighted by Gasteiger charge is 2.33. The van der Waals surface area contributed by atoms with Crippen LogP contribution in [0.5, 0.6) is 0 Å².